The first-order valence-electron chi connectivity index (χ1n) is 7.85. The minimum absolute atomic E-state index is 0.557. The topological polar surface area (TPSA) is 44.0 Å². The van der Waals surface area contributed by atoms with Gasteiger partial charge in [-0.25, -0.2) is 0 Å². The Morgan fingerprint density at radius 3 is 3.10 bits per heavy atom. The van der Waals surface area contributed by atoms with Gasteiger partial charge in [0.1, 0.15) is 0 Å². The summed E-state index contributed by atoms with van der Waals surface area (Å²) in [6.07, 6.45) is 5.92. The Bertz CT molecular complexity index is 583. The van der Waals surface area contributed by atoms with Crippen molar-refractivity contribution in [1.29, 1.82) is 0 Å². The highest BCUT2D eigenvalue weighted by Gasteiger charge is 2.37. The van der Waals surface area contributed by atoms with Crippen LogP contribution in [0.15, 0.2) is 24.4 Å². The molecule has 0 unspecified atom stereocenters. The molecule has 0 bridgehead atoms. The lowest BCUT2D eigenvalue weighted by molar-refractivity contribution is 0.0986. The number of hydrogen-bond acceptors (Lipinski definition) is 4. The molecule has 2 aliphatic heterocycles. The van der Waals surface area contributed by atoms with Gasteiger partial charge >= 0.3 is 0 Å². The van der Waals surface area contributed by atoms with Crippen LogP contribution in [0.2, 0.25) is 0 Å². The SMILES string of the molecule is c1cc(-c2ccc(CN3CCC[C@]4(CCNC4)C3)s2)[nH]n1. The van der Waals surface area contributed by atoms with Crippen LogP contribution in [0.3, 0.4) is 0 Å². The maximum absolute atomic E-state index is 4.04. The zero-order chi connectivity index (χ0) is 14.1. The Labute approximate surface area is 129 Å². The number of nitrogens with zero attached hydrogens (tertiary/aromatic N) is 2. The summed E-state index contributed by atoms with van der Waals surface area (Å²) in [7, 11) is 0. The summed E-state index contributed by atoms with van der Waals surface area (Å²) >= 11 is 1.89. The lowest BCUT2D eigenvalue weighted by Crippen LogP contribution is -2.43. The molecule has 4 heterocycles. The van der Waals surface area contributed by atoms with Crippen LogP contribution in [0.25, 0.3) is 10.6 Å². The van der Waals surface area contributed by atoms with Gasteiger partial charge in [0.15, 0.2) is 0 Å². The summed E-state index contributed by atoms with van der Waals surface area (Å²) in [5.74, 6) is 0. The summed E-state index contributed by atoms with van der Waals surface area (Å²) in [5, 5.41) is 10.6. The first-order valence-corrected chi connectivity index (χ1v) is 8.66. The molecule has 2 N–H and O–H groups in total. The number of piperidine rings is 1. The van der Waals surface area contributed by atoms with E-state index < -0.39 is 0 Å². The molecule has 2 saturated heterocycles. The first kappa shape index (κ1) is 13.5. The number of likely N-dealkylation sites (tertiary alicyclic amines) is 1. The lowest BCUT2D eigenvalue weighted by Gasteiger charge is -2.39. The second-order valence-corrected chi connectivity index (χ2v) is 7.65. The number of aromatic amines is 1. The Kier molecular flexibility index (Phi) is 3.57. The third kappa shape index (κ3) is 2.78. The van der Waals surface area contributed by atoms with E-state index in [1.54, 1.807) is 0 Å². The van der Waals surface area contributed by atoms with E-state index in [9.17, 15) is 0 Å². The number of aromatic nitrogens is 2. The van der Waals surface area contributed by atoms with Crippen LogP contribution in [0, 0.1) is 5.41 Å². The molecule has 112 valence electrons. The van der Waals surface area contributed by atoms with Gasteiger partial charge in [0.05, 0.1) is 10.6 Å². The highest BCUT2D eigenvalue weighted by Crippen LogP contribution is 2.36. The summed E-state index contributed by atoms with van der Waals surface area (Å²) in [4.78, 5) is 5.40. The van der Waals surface area contributed by atoms with Gasteiger partial charge in [-0.2, -0.15) is 5.10 Å². The zero-order valence-electron chi connectivity index (χ0n) is 12.3. The molecule has 1 atom stereocenters. The third-order valence-corrected chi connectivity index (χ3v) is 5.98. The predicted octanol–water partition coefficient (Wildman–Crippen LogP) is 2.71. The molecular weight excluding hydrogens is 280 g/mol. The van der Waals surface area contributed by atoms with Crippen LogP contribution < -0.4 is 5.32 Å². The van der Waals surface area contributed by atoms with Crippen molar-refractivity contribution in [2.75, 3.05) is 26.2 Å². The van der Waals surface area contributed by atoms with Crippen molar-refractivity contribution in [3.63, 3.8) is 0 Å². The van der Waals surface area contributed by atoms with Crippen LogP contribution in [-0.4, -0.2) is 41.3 Å². The predicted molar refractivity (Wildman–Crippen MR) is 86.3 cm³/mol. The highest BCUT2D eigenvalue weighted by atomic mass is 32.1. The Morgan fingerprint density at radius 2 is 2.29 bits per heavy atom. The molecule has 0 radical (unpaired) electrons. The van der Waals surface area contributed by atoms with Gasteiger partial charge in [0.2, 0.25) is 0 Å². The van der Waals surface area contributed by atoms with E-state index in [2.05, 4.69) is 32.5 Å². The first-order chi connectivity index (χ1) is 10.3. The molecule has 2 aliphatic rings. The van der Waals surface area contributed by atoms with E-state index in [1.807, 2.05) is 23.6 Å². The van der Waals surface area contributed by atoms with Gasteiger partial charge in [-0.15, -0.1) is 11.3 Å². The van der Waals surface area contributed by atoms with Crippen molar-refractivity contribution in [1.82, 2.24) is 20.4 Å². The largest absolute Gasteiger partial charge is 0.316 e. The molecule has 5 heteroatoms. The number of H-pyrrole nitrogens is 1. The molecule has 2 aromatic rings. The number of hydrogen-bond donors (Lipinski definition) is 2. The van der Waals surface area contributed by atoms with Gasteiger partial charge in [0, 0.05) is 30.7 Å². The maximum Gasteiger partial charge on any atom is 0.0749 e. The van der Waals surface area contributed by atoms with Crippen molar-refractivity contribution >= 4 is 11.3 Å². The fourth-order valence-electron chi connectivity index (χ4n) is 3.81. The van der Waals surface area contributed by atoms with Crippen molar-refractivity contribution < 1.29 is 0 Å². The van der Waals surface area contributed by atoms with Gasteiger partial charge in [-0.05, 0) is 56.0 Å². The van der Waals surface area contributed by atoms with E-state index in [0.717, 1.165) is 12.2 Å². The van der Waals surface area contributed by atoms with Crippen LogP contribution in [-0.2, 0) is 6.54 Å². The smallest absolute Gasteiger partial charge is 0.0749 e. The Morgan fingerprint density at radius 1 is 1.29 bits per heavy atom. The summed E-state index contributed by atoms with van der Waals surface area (Å²) in [6.45, 7) is 6.03. The van der Waals surface area contributed by atoms with Crippen molar-refractivity contribution in [2.45, 2.75) is 25.8 Å². The second kappa shape index (κ2) is 5.55. The monoisotopic (exact) mass is 302 g/mol. The third-order valence-electron chi connectivity index (χ3n) is 4.88. The van der Waals surface area contributed by atoms with Crippen LogP contribution in [0.1, 0.15) is 24.1 Å². The molecular formula is C16H22N4S. The summed E-state index contributed by atoms with van der Waals surface area (Å²) in [5.41, 5.74) is 1.68. The summed E-state index contributed by atoms with van der Waals surface area (Å²) in [6, 6.07) is 6.52. The molecule has 2 fully saturated rings. The molecule has 4 rings (SSSR count). The zero-order valence-corrected chi connectivity index (χ0v) is 13.1. The fourth-order valence-corrected chi connectivity index (χ4v) is 4.84. The average Bonchev–Trinajstić information content (AvgIpc) is 3.20. The van der Waals surface area contributed by atoms with E-state index in [0.29, 0.717) is 5.41 Å². The second-order valence-electron chi connectivity index (χ2n) is 6.48. The van der Waals surface area contributed by atoms with Gasteiger partial charge < -0.3 is 5.32 Å². The van der Waals surface area contributed by atoms with Gasteiger partial charge in [0.25, 0.3) is 0 Å². The maximum atomic E-state index is 4.04. The average molecular weight is 302 g/mol. The van der Waals surface area contributed by atoms with Crippen LogP contribution in [0.5, 0.6) is 0 Å². The lowest BCUT2D eigenvalue weighted by atomic mass is 9.79. The molecule has 21 heavy (non-hydrogen) atoms. The van der Waals surface area contributed by atoms with E-state index >= 15 is 0 Å². The van der Waals surface area contributed by atoms with Crippen molar-refractivity contribution in [3.8, 4) is 10.6 Å². The molecule has 0 saturated carbocycles. The molecule has 4 nitrogen and oxygen atoms in total. The number of rotatable bonds is 3. The molecule has 1 spiro atoms. The van der Waals surface area contributed by atoms with E-state index in [-0.39, 0.29) is 0 Å². The van der Waals surface area contributed by atoms with Crippen molar-refractivity contribution in [2.24, 2.45) is 5.41 Å². The van der Waals surface area contributed by atoms with Crippen LogP contribution in [0.4, 0.5) is 0 Å². The quantitative estimate of drug-likeness (QED) is 0.916. The molecule has 0 aromatic carbocycles. The minimum Gasteiger partial charge on any atom is -0.316 e. The van der Waals surface area contributed by atoms with Gasteiger partial charge in [-0.3, -0.25) is 10.00 Å². The van der Waals surface area contributed by atoms with Gasteiger partial charge in [-0.1, -0.05) is 0 Å². The van der Waals surface area contributed by atoms with E-state index in [4.69, 9.17) is 0 Å². The number of thiophene rings is 1. The standard InChI is InChI=1S/C16H22N4S/c1-5-16(6-8-17-11-16)12-20(9-1)10-13-2-3-15(21-13)14-4-7-18-19-14/h2-4,7,17H,1,5-6,8-12H2,(H,18,19)/t16-/m1/s1. The Balaban J connectivity index is 1.44. The minimum atomic E-state index is 0.557. The van der Waals surface area contributed by atoms with Crippen LogP contribution >= 0.6 is 11.3 Å². The normalized spacial score (nSPS) is 26.7. The highest BCUT2D eigenvalue weighted by molar-refractivity contribution is 7.15. The fraction of sp³-hybridized carbons (Fsp3) is 0.562. The summed E-state index contributed by atoms with van der Waals surface area (Å²) < 4.78 is 0. The molecule has 0 aliphatic carbocycles. The Hall–Kier alpha value is -1.17. The van der Waals surface area contributed by atoms with E-state index in [1.165, 1.54) is 55.2 Å². The number of nitrogens with one attached hydrogen (secondary N) is 2. The molecule has 0 amide bonds. The van der Waals surface area contributed by atoms with Crippen molar-refractivity contribution in [3.05, 3.63) is 29.3 Å². The molecule has 2 aromatic heterocycles.